The van der Waals surface area contributed by atoms with Crippen LogP contribution in [-0.4, -0.2) is 48.9 Å². The number of aryl methyl sites for hydroxylation is 1. The highest BCUT2D eigenvalue weighted by Gasteiger charge is 2.21. The van der Waals surface area contributed by atoms with Crippen LogP contribution in [0.3, 0.4) is 0 Å². The molecule has 9 heteroatoms. The van der Waals surface area contributed by atoms with Gasteiger partial charge in [-0.05, 0) is 36.4 Å². The zero-order chi connectivity index (χ0) is 20.0. The maximum Gasteiger partial charge on any atom is 0.355 e. The number of benzene rings is 1. The molecule has 0 aliphatic heterocycles. The van der Waals surface area contributed by atoms with Gasteiger partial charge in [0.05, 0.1) is 4.90 Å². The van der Waals surface area contributed by atoms with E-state index in [0.29, 0.717) is 24.5 Å². The van der Waals surface area contributed by atoms with E-state index in [9.17, 15) is 18.0 Å². The molecule has 1 heterocycles. The average molecular weight is 393 g/mol. The van der Waals surface area contributed by atoms with Gasteiger partial charge >= 0.3 is 5.97 Å². The van der Waals surface area contributed by atoms with Crippen molar-refractivity contribution in [1.29, 1.82) is 0 Å². The highest BCUT2D eigenvalue weighted by atomic mass is 32.2. The zero-order valence-electron chi connectivity index (χ0n) is 15.5. The van der Waals surface area contributed by atoms with Crippen LogP contribution in [0.25, 0.3) is 0 Å². The molecule has 2 rings (SSSR count). The van der Waals surface area contributed by atoms with E-state index < -0.39 is 28.5 Å². The molecule has 0 aliphatic carbocycles. The topological polar surface area (TPSA) is 97.7 Å². The number of rotatable bonds is 8. The second kappa shape index (κ2) is 8.83. The first-order chi connectivity index (χ1) is 12.8. The molecule has 0 unspecified atom stereocenters. The van der Waals surface area contributed by atoms with Gasteiger partial charge in [-0.2, -0.15) is 4.31 Å². The molecule has 0 aliphatic rings. The molecule has 1 amide bonds. The molecule has 1 N–H and O–H groups in total. The molecule has 0 saturated heterocycles. The van der Waals surface area contributed by atoms with E-state index in [2.05, 4.69) is 5.32 Å². The Morgan fingerprint density at radius 3 is 2.26 bits per heavy atom. The number of esters is 1. The van der Waals surface area contributed by atoms with Gasteiger partial charge in [-0.25, -0.2) is 13.2 Å². The number of carbonyl (C=O) groups excluding carboxylic acids is 2. The van der Waals surface area contributed by atoms with Gasteiger partial charge in [0, 0.05) is 32.0 Å². The van der Waals surface area contributed by atoms with Crippen LogP contribution < -0.4 is 5.32 Å². The summed E-state index contributed by atoms with van der Waals surface area (Å²) in [4.78, 5) is 23.9. The SMILES string of the molecule is CCN(CC)S(=O)(=O)c1ccc(NC(=O)COC(=O)c2cccn2C)cc1. The molecule has 2 aromatic rings. The van der Waals surface area contributed by atoms with Crippen molar-refractivity contribution in [3.05, 3.63) is 48.3 Å². The zero-order valence-corrected chi connectivity index (χ0v) is 16.3. The largest absolute Gasteiger partial charge is 0.451 e. The number of carbonyl (C=O) groups is 2. The van der Waals surface area contributed by atoms with Gasteiger partial charge in [0.25, 0.3) is 5.91 Å². The van der Waals surface area contributed by atoms with E-state index in [1.54, 1.807) is 43.8 Å². The van der Waals surface area contributed by atoms with E-state index >= 15 is 0 Å². The molecule has 0 spiro atoms. The smallest absolute Gasteiger partial charge is 0.355 e. The predicted octanol–water partition coefficient (Wildman–Crippen LogP) is 1.85. The molecule has 0 fully saturated rings. The number of amides is 1. The number of hydrogen-bond donors (Lipinski definition) is 1. The lowest BCUT2D eigenvalue weighted by atomic mass is 10.3. The normalized spacial score (nSPS) is 11.4. The van der Waals surface area contributed by atoms with Crippen LogP contribution in [0.2, 0.25) is 0 Å². The van der Waals surface area contributed by atoms with Gasteiger partial charge in [-0.15, -0.1) is 0 Å². The number of aromatic nitrogens is 1. The molecule has 0 atom stereocenters. The highest BCUT2D eigenvalue weighted by molar-refractivity contribution is 7.89. The summed E-state index contributed by atoms with van der Waals surface area (Å²) < 4.78 is 32.8. The summed E-state index contributed by atoms with van der Waals surface area (Å²) in [5.74, 6) is -1.12. The van der Waals surface area contributed by atoms with Gasteiger partial charge in [0.15, 0.2) is 6.61 Å². The van der Waals surface area contributed by atoms with Crippen molar-refractivity contribution >= 4 is 27.6 Å². The maximum atomic E-state index is 12.4. The first-order valence-corrected chi connectivity index (χ1v) is 9.92. The third kappa shape index (κ3) is 4.95. The Kier molecular flexibility index (Phi) is 6.75. The number of ether oxygens (including phenoxy) is 1. The molecule has 146 valence electrons. The minimum atomic E-state index is -3.55. The summed E-state index contributed by atoms with van der Waals surface area (Å²) in [5.41, 5.74) is 0.752. The van der Waals surface area contributed by atoms with Crippen molar-refractivity contribution in [2.45, 2.75) is 18.7 Å². The molecule has 1 aromatic carbocycles. The average Bonchev–Trinajstić information content (AvgIpc) is 3.07. The minimum absolute atomic E-state index is 0.152. The summed E-state index contributed by atoms with van der Waals surface area (Å²) in [6, 6.07) is 9.14. The second-order valence-corrected chi connectivity index (χ2v) is 7.68. The fraction of sp³-hybridized carbons (Fsp3) is 0.333. The number of nitrogens with zero attached hydrogens (tertiary/aromatic N) is 2. The fourth-order valence-electron chi connectivity index (χ4n) is 2.50. The predicted molar refractivity (Wildman–Crippen MR) is 101 cm³/mol. The van der Waals surface area contributed by atoms with Crippen LogP contribution in [0.4, 0.5) is 5.69 Å². The van der Waals surface area contributed by atoms with Crippen molar-refractivity contribution in [3.8, 4) is 0 Å². The Morgan fingerprint density at radius 2 is 1.74 bits per heavy atom. The summed E-state index contributed by atoms with van der Waals surface area (Å²) in [6.45, 7) is 3.86. The monoisotopic (exact) mass is 393 g/mol. The molecular weight excluding hydrogens is 370 g/mol. The summed E-state index contributed by atoms with van der Waals surface area (Å²) >= 11 is 0. The van der Waals surface area contributed by atoms with Crippen LogP contribution in [0.5, 0.6) is 0 Å². The van der Waals surface area contributed by atoms with E-state index in [4.69, 9.17) is 4.74 Å². The Morgan fingerprint density at radius 1 is 1.11 bits per heavy atom. The Bertz CT molecular complexity index is 899. The highest BCUT2D eigenvalue weighted by Crippen LogP contribution is 2.18. The second-order valence-electron chi connectivity index (χ2n) is 5.74. The van der Waals surface area contributed by atoms with Crippen molar-refractivity contribution in [3.63, 3.8) is 0 Å². The summed E-state index contributed by atoms with van der Waals surface area (Å²) in [7, 11) is -1.85. The summed E-state index contributed by atoms with van der Waals surface area (Å²) in [6.07, 6.45) is 1.70. The van der Waals surface area contributed by atoms with Gasteiger partial charge in [0.2, 0.25) is 10.0 Å². The fourth-order valence-corrected chi connectivity index (χ4v) is 3.96. The first kappa shape index (κ1) is 20.7. The number of anilines is 1. The molecule has 1 aromatic heterocycles. The lowest BCUT2D eigenvalue weighted by Gasteiger charge is -2.18. The standard InChI is InChI=1S/C18H23N3O5S/c1-4-21(5-2)27(24,25)15-10-8-14(9-11-15)19-17(22)13-26-18(23)16-7-6-12-20(16)3/h6-12H,4-5,13H2,1-3H3,(H,19,22). The molecule has 0 saturated carbocycles. The quantitative estimate of drug-likeness (QED) is 0.690. The lowest BCUT2D eigenvalue weighted by molar-refractivity contribution is -0.119. The Balaban J connectivity index is 1.95. The summed E-state index contributed by atoms with van der Waals surface area (Å²) in [5, 5.41) is 2.56. The Labute approximate surface area is 158 Å². The van der Waals surface area contributed by atoms with Crippen LogP contribution in [0.15, 0.2) is 47.5 Å². The van der Waals surface area contributed by atoms with E-state index in [1.807, 2.05) is 0 Å². The molecular formula is C18H23N3O5S. The Hall–Kier alpha value is -2.65. The van der Waals surface area contributed by atoms with Gasteiger partial charge < -0.3 is 14.6 Å². The molecule has 27 heavy (non-hydrogen) atoms. The lowest BCUT2D eigenvalue weighted by Crippen LogP contribution is -2.30. The minimum Gasteiger partial charge on any atom is -0.451 e. The third-order valence-corrected chi connectivity index (χ3v) is 6.03. The van der Waals surface area contributed by atoms with Crippen LogP contribution >= 0.6 is 0 Å². The van der Waals surface area contributed by atoms with Crippen LogP contribution in [0.1, 0.15) is 24.3 Å². The van der Waals surface area contributed by atoms with Crippen molar-refractivity contribution < 1.29 is 22.7 Å². The third-order valence-electron chi connectivity index (χ3n) is 3.97. The number of hydrogen-bond acceptors (Lipinski definition) is 5. The van der Waals surface area contributed by atoms with Crippen LogP contribution in [-0.2, 0) is 26.6 Å². The van der Waals surface area contributed by atoms with Crippen molar-refractivity contribution in [1.82, 2.24) is 8.87 Å². The van der Waals surface area contributed by atoms with E-state index in [0.717, 1.165) is 0 Å². The van der Waals surface area contributed by atoms with Crippen molar-refractivity contribution in [2.75, 3.05) is 25.0 Å². The number of sulfonamides is 1. The first-order valence-electron chi connectivity index (χ1n) is 8.48. The van der Waals surface area contributed by atoms with Gasteiger partial charge in [0.1, 0.15) is 5.69 Å². The number of nitrogens with one attached hydrogen (secondary N) is 1. The van der Waals surface area contributed by atoms with Gasteiger partial charge in [-0.3, -0.25) is 4.79 Å². The molecule has 0 radical (unpaired) electrons. The van der Waals surface area contributed by atoms with E-state index in [1.165, 1.54) is 28.6 Å². The van der Waals surface area contributed by atoms with E-state index in [-0.39, 0.29) is 4.90 Å². The molecule has 8 nitrogen and oxygen atoms in total. The molecule has 0 bridgehead atoms. The van der Waals surface area contributed by atoms with Crippen LogP contribution in [0, 0.1) is 0 Å². The van der Waals surface area contributed by atoms with Gasteiger partial charge in [-0.1, -0.05) is 13.8 Å². The maximum absolute atomic E-state index is 12.4. The van der Waals surface area contributed by atoms with Crippen molar-refractivity contribution in [2.24, 2.45) is 7.05 Å².